The number of nitrogens with one attached hydrogen (secondary N) is 1. The van der Waals surface area contributed by atoms with E-state index in [1.54, 1.807) is 36.1 Å². The molecule has 7 nitrogen and oxygen atoms in total. The van der Waals surface area contributed by atoms with E-state index >= 15 is 0 Å². The highest BCUT2D eigenvalue weighted by Crippen LogP contribution is 2.40. The SMILES string of the molecule is CCOC(=O)C(OC)c1ccc2c(c1)C(=N)N(CC(=O)c1cc(C(C)(C)C)c(O)c(C(C)(C)C)c1)C2. The fraction of sp³-hybridized carbons (Fsp3) is 0.483. The second-order valence-corrected chi connectivity index (χ2v) is 11.3. The van der Waals surface area contributed by atoms with E-state index in [2.05, 4.69) is 0 Å². The lowest BCUT2D eigenvalue weighted by Crippen LogP contribution is -2.30. The minimum atomic E-state index is -0.873. The number of hydrogen-bond donors (Lipinski definition) is 2. The molecule has 0 fully saturated rings. The number of fused-ring (bicyclic) bond motifs is 1. The van der Waals surface area contributed by atoms with Gasteiger partial charge in [-0.1, -0.05) is 53.7 Å². The zero-order valence-corrected chi connectivity index (χ0v) is 22.6. The van der Waals surface area contributed by atoms with Gasteiger partial charge in [-0.15, -0.1) is 0 Å². The van der Waals surface area contributed by atoms with Gasteiger partial charge in [0.05, 0.1) is 13.2 Å². The molecule has 2 N–H and O–H groups in total. The van der Waals surface area contributed by atoms with E-state index in [9.17, 15) is 14.7 Å². The summed E-state index contributed by atoms with van der Waals surface area (Å²) in [5, 5.41) is 19.7. The number of carbonyl (C=O) groups excluding carboxylic acids is 2. The zero-order chi connectivity index (χ0) is 27.0. The number of aromatic hydroxyl groups is 1. The topological polar surface area (TPSA) is 99.9 Å². The molecule has 0 aliphatic carbocycles. The van der Waals surface area contributed by atoms with Crippen LogP contribution in [-0.4, -0.2) is 47.9 Å². The Labute approximate surface area is 213 Å². The quantitative estimate of drug-likeness (QED) is 0.402. The van der Waals surface area contributed by atoms with Gasteiger partial charge in [0.25, 0.3) is 0 Å². The summed E-state index contributed by atoms with van der Waals surface area (Å²) in [6.45, 7) is 14.5. The average Bonchev–Trinajstić information content (AvgIpc) is 3.07. The number of ether oxygens (including phenoxy) is 2. The summed E-state index contributed by atoms with van der Waals surface area (Å²) in [7, 11) is 1.44. The lowest BCUT2D eigenvalue weighted by Gasteiger charge is -2.28. The molecular weight excluding hydrogens is 456 g/mol. The largest absolute Gasteiger partial charge is 0.507 e. The number of carbonyl (C=O) groups is 2. The molecule has 1 aliphatic heterocycles. The second kappa shape index (κ2) is 10.1. The molecule has 0 aromatic heterocycles. The summed E-state index contributed by atoms with van der Waals surface area (Å²) in [6, 6.07) is 8.99. The standard InChI is InChI=1S/C29H38N2O5/c1-9-36-27(34)25(35-8)17-10-11-18-15-31(26(30)20(18)12-17)16-23(32)19-13-21(28(2,3)4)24(33)22(14-19)29(5,6)7/h10-14,25,30,33H,9,15-16H2,1-8H3. The molecule has 2 aromatic rings. The molecule has 0 radical (unpaired) electrons. The molecule has 1 heterocycles. The van der Waals surface area contributed by atoms with Gasteiger partial charge in [-0.05, 0) is 47.1 Å². The maximum atomic E-state index is 13.4. The molecular formula is C29H38N2O5. The Kier molecular flexibility index (Phi) is 7.65. The number of rotatable bonds is 7. The van der Waals surface area contributed by atoms with Crippen LogP contribution < -0.4 is 0 Å². The smallest absolute Gasteiger partial charge is 0.339 e. The van der Waals surface area contributed by atoms with Crippen molar-refractivity contribution in [2.24, 2.45) is 0 Å². The van der Waals surface area contributed by atoms with Crippen molar-refractivity contribution in [3.8, 4) is 5.75 Å². The minimum Gasteiger partial charge on any atom is -0.507 e. The lowest BCUT2D eigenvalue weighted by molar-refractivity contribution is -0.155. The zero-order valence-electron chi connectivity index (χ0n) is 22.6. The van der Waals surface area contributed by atoms with E-state index < -0.39 is 12.1 Å². The predicted octanol–water partition coefficient (Wildman–Crippen LogP) is 5.26. The maximum Gasteiger partial charge on any atom is 0.339 e. The Balaban J connectivity index is 1.89. The first-order chi connectivity index (χ1) is 16.7. The number of phenolic OH excluding ortho intramolecular Hbond substituents is 1. The van der Waals surface area contributed by atoms with Gasteiger partial charge in [0.15, 0.2) is 11.9 Å². The van der Waals surface area contributed by atoms with E-state index in [1.165, 1.54) is 7.11 Å². The molecule has 7 heteroatoms. The van der Waals surface area contributed by atoms with Crippen LogP contribution in [0.2, 0.25) is 0 Å². The molecule has 1 atom stereocenters. The summed E-state index contributed by atoms with van der Waals surface area (Å²) in [6.07, 6.45) is -0.873. The summed E-state index contributed by atoms with van der Waals surface area (Å²) < 4.78 is 10.5. The summed E-state index contributed by atoms with van der Waals surface area (Å²) in [5.74, 6) is -0.141. The normalized spacial score (nSPS) is 14.6. The molecule has 0 saturated heterocycles. The van der Waals surface area contributed by atoms with E-state index in [0.29, 0.717) is 23.2 Å². The van der Waals surface area contributed by atoms with Crippen molar-refractivity contribution >= 4 is 17.6 Å². The molecule has 194 valence electrons. The number of ketones is 1. The third kappa shape index (κ3) is 5.46. The second-order valence-electron chi connectivity index (χ2n) is 11.3. The van der Waals surface area contributed by atoms with Gasteiger partial charge in [-0.25, -0.2) is 4.79 Å². The average molecular weight is 495 g/mol. The molecule has 2 aromatic carbocycles. The van der Waals surface area contributed by atoms with E-state index in [4.69, 9.17) is 14.9 Å². The lowest BCUT2D eigenvalue weighted by atomic mass is 9.78. The fourth-order valence-corrected chi connectivity index (χ4v) is 4.50. The van der Waals surface area contributed by atoms with Gasteiger partial charge in [-0.3, -0.25) is 10.2 Å². The van der Waals surface area contributed by atoms with Gasteiger partial charge in [-0.2, -0.15) is 0 Å². The molecule has 3 rings (SSSR count). The Morgan fingerprint density at radius 2 is 1.64 bits per heavy atom. The van der Waals surface area contributed by atoms with E-state index in [0.717, 1.165) is 16.7 Å². The van der Waals surface area contributed by atoms with Crippen molar-refractivity contribution in [2.45, 2.75) is 71.9 Å². The highest BCUT2D eigenvalue weighted by molar-refractivity contribution is 6.05. The highest BCUT2D eigenvalue weighted by atomic mass is 16.6. The van der Waals surface area contributed by atoms with Crippen molar-refractivity contribution in [1.82, 2.24) is 4.90 Å². The Hall–Kier alpha value is -3.19. The molecule has 1 aliphatic rings. The Bertz CT molecular complexity index is 1150. The van der Waals surface area contributed by atoms with Crippen LogP contribution in [0, 0.1) is 5.41 Å². The Morgan fingerprint density at radius 1 is 1.06 bits per heavy atom. The van der Waals surface area contributed by atoms with Crippen molar-refractivity contribution in [3.63, 3.8) is 0 Å². The van der Waals surface area contributed by atoms with Crippen molar-refractivity contribution in [3.05, 3.63) is 63.7 Å². The number of nitrogens with zero attached hydrogens (tertiary/aromatic N) is 1. The Morgan fingerprint density at radius 3 is 2.14 bits per heavy atom. The number of Topliss-reactive ketones (excluding diaryl/α,β-unsaturated/α-hetero) is 1. The third-order valence-corrected chi connectivity index (χ3v) is 6.49. The maximum absolute atomic E-state index is 13.4. The van der Waals surface area contributed by atoms with Crippen LogP contribution in [0.25, 0.3) is 0 Å². The van der Waals surface area contributed by atoms with Crippen molar-refractivity contribution in [1.29, 1.82) is 5.41 Å². The minimum absolute atomic E-state index is 0.0341. The van der Waals surface area contributed by atoms with E-state index in [1.807, 2.05) is 47.6 Å². The van der Waals surface area contributed by atoms with Gasteiger partial charge < -0.3 is 19.5 Å². The summed E-state index contributed by atoms with van der Waals surface area (Å²) in [5.41, 5.74) is 3.48. The van der Waals surface area contributed by atoms with Crippen LogP contribution in [0.15, 0.2) is 30.3 Å². The van der Waals surface area contributed by atoms with Gasteiger partial charge in [0.2, 0.25) is 0 Å². The molecule has 0 saturated carbocycles. The first-order valence-electron chi connectivity index (χ1n) is 12.3. The fourth-order valence-electron chi connectivity index (χ4n) is 4.50. The number of methoxy groups -OCH3 is 1. The first-order valence-corrected chi connectivity index (χ1v) is 12.3. The van der Waals surface area contributed by atoms with Crippen LogP contribution in [0.1, 0.15) is 92.7 Å². The van der Waals surface area contributed by atoms with E-state index in [-0.39, 0.29) is 41.3 Å². The van der Waals surface area contributed by atoms with Gasteiger partial charge in [0.1, 0.15) is 11.6 Å². The van der Waals surface area contributed by atoms with Crippen LogP contribution in [0.4, 0.5) is 0 Å². The van der Waals surface area contributed by atoms with Gasteiger partial charge in [0, 0.05) is 35.9 Å². The molecule has 36 heavy (non-hydrogen) atoms. The van der Waals surface area contributed by atoms with Crippen molar-refractivity contribution in [2.75, 3.05) is 20.3 Å². The monoisotopic (exact) mass is 494 g/mol. The van der Waals surface area contributed by atoms with Crippen LogP contribution >= 0.6 is 0 Å². The summed E-state index contributed by atoms with van der Waals surface area (Å²) >= 11 is 0. The predicted molar refractivity (Wildman–Crippen MR) is 140 cm³/mol. The van der Waals surface area contributed by atoms with Crippen LogP contribution in [-0.2, 0) is 31.6 Å². The molecule has 0 amide bonds. The number of benzene rings is 2. The number of amidine groups is 1. The molecule has 0 bridgehead atoms. The molecule has 1 unspecified atom stereocenters. The van der Waals surface area contributed by atoms with Crippen molar-refractivity contribution < 1.29 is 24.2 Å². The van der Waals surface area contributed by atoms with Crippen LogP contribution in [0.5, 0.6) is 5.75 Å². The number of hydrogen-bond acceptors (Lipinski definition) is 6. The number of esters is 1. The molecule has 0 spiro atoms. The van der Waals surface area contributed by atoms with Crippen LogP contribution in [0.3, 0.4) is 0 Å². The highest BCUT2D eigenvalue weighted by Gasteiger charge is 2.31. The van der Waals surface area contributed by atoms with Gasteiger partial charge >= 0.3 is 5.97 Å². The summed E-state index contributed by atoms with van der Waals surface area (Å²) in [4.78, 5) is 27.4. The first kappa shape index (κ1) is 27.4. The third-order valence-electron chi connectivity index (χ3n) is 6.49. The number of phenols is 1.